The monoisotopic (exact) mass is 540 g/mol. The van der Waals surface area contributed by atoms with Gasteiger partial charge in [-0.05, 0) is 63.8 Å². The van der Waals surface area contributed by atoms with Gasteiger partial charge < -0.3 is 14.4 Å². The number of rotatable bonds is 1. The molecule has 0 aliphatic carbocycles. The van der Waals surface area contributed by atoms with Crippen molar-refractivity contribution in [3.63, 3.8) is 0 Å². The molecular weight excluding hydrogens is 524 g/mol. The van der Waals surface area contributed by atoms with Crippen molar-refractivity contribution in [3.8, 4) is 5.75 Å². The summed E-state index contributed by atoms with van der Waals surface area (Å²) >= 11 is 13.4. The van der Waals surface area contributed by atoms with Crippen LogP contribution in [0.5, 0.6) is 5.75 Å². The van der Waals surface area contributed by atoms with E-state index in [1.54, 1.807) is 4.90 Å². The van der Waals surface area contributed by atoms with Crippen LogP contribution in [-0.4, -0.2) is 35.7 Å². The van der Waals surface area contributed by atoms with Crippen molar-refractivity contribution in [1.29, 1.82) is 0 Å². The van der Waals surface area contributed by atoms with Crippen LogP contribution in [0.4, 0.5) is 4.79 Å². The van der Waals surface area contributed by atoms with Gasteiger partial charge in [-0.25, -0.2) is 4.79 Å². The Labute approximate surface area is 191 Å². The van der Waals surface area contributed by atoms with Crippen molar-refractivity contribution in [2.75, 3.05) is 19.7 Å². The Hall–Kier alpha value is -1.57. The summed E-state index contributed by atoms with van der Waals surface area (Å²) < 4.78 is 13.0. The number of fused-ring (bicyclic) bond motifs is 2. The van der Waals surface area contributed by atoms with Gasteiger partial charge in [0.1, 0.15) is 12.4 Å². The van der Waals surface area contributed by atoms with E-state index in [1.165, 1.54) is 5.57 Å². The highest BCUT2D eigenvalue weighted by molar-refractivity contribution is 9.10. The quantitative estimate of drug-likeness (QED) is 0.430. The Bertz CT molecular complexity index is 1000. The number of hydrogen-bond acceptors (Lipinski definition) is 4. The predicted molar refractivity (Wildman–Crippen MR) is 119 cm³/mol. The minimum atomic E-state index is -0.252. The molecule has 2 aliphatic heterocycles. The molecule has 0 bridgehead atoms. The zero-order valence-corrected chi connectivity index (χ0v) is 19.7. The molecule has 1 aromatic carbocycles. The van der Waals surface area contributed by atoms with E-state index in [1.807, 2.05) is 31.3 Å². The lowest BCUT2D eigenvalue weighted by atomic mass is 9.89. The number of amides is 1. The Kier molecular flexibility index (Phi) is 6.18. The summed E-state index contributed by atoms with van der Waals surface area (Å²) in [6.45, 7) is 3.86. The van der Waals surface area contributed by atoms with E-state index in [0.29, 0.717) is 31.3 Å². The fourth-order valence-electron chi connectivity index (χ4n) is 3.72. The molecule has 0 spiro atoms. The second-order valence-electron chi connectivity index (χ2n) is 6.88. The third-order valence-corrected chi connectivity index (χ3v) is 6.72. The van der Waals surface area contributed by atoms with E-state index >= 15 is 0 Å². The number of nitrogens with zero attached hydrogens (tertiary/aromatic N) is 2. The molecule has 1 fully saturated rings. The maximum absolute atomic E-state index is 12.1. The number of ether oxygens (including phenoxy) is 2. The van der Waals surface area contributed by atoms with Gasteiger partial charge in [-0.1, -0.05) is 17.2 Å². The van der Waals surface area contributed by atoms with Crippen LogP contribution in [0.3, 0.4) is 0 Å². The van der Waals surface area contributed by atoms with Crippen molar-refractivity contribution in [3.05, 3.63) is 60.8 Å². The molecule has 2 aliphatic rings. The second kappa shape index (κ2) is 8.66. The van der Waals surface area contributed by atoms with Gasteiger partial charge in [-0.15, -0.1) is 0 Å². The fourth-order valence-corrected chi connectivity index (χ4v) is 4.60. The number of hydrogen-bond donors (Lipinski definition) is 0. The Morgan fingerprint density at radius 2 is 2.03 bits per heavy atom. The molecular formula is C21H19Br2ClN2O3. The summed E-state index contributed by atoms with van der Waals surface area (Å²) in [5.74, 6) is 0.739. The molecule has 0 atom stereocenters. The summed E-state index contributed by atoms with van der Waals surface area (Å²) in [6.07, 6.45) is 3.07. The summed E-state index contributed by atoms with van der Waals surface area (Å²) in [5.41, 5.74) is 5.22. The molecule has 29 heavy (non-hydrogen) atoms. The predicted octanol–water partition coefficient (Wildman–Crippen LogP) is 6.21. The molecule has 1 amide bonds. The molecule has 0 saturated carbocycles. The van der Waals surface area contributed by atoms with Crippen LogP contribution in [0.25, 0.3) is 5.57 Å². The van der Waals surface area contributed by atoms with E-state index in [-0.39, 0.29) is 6.09 Å². The van der Waals surface area contributed by atoms with Gasteiger partial charge in [0.15, 0.2) is 0 Å². The molecule has 0 radical (unpaired) electrons. The number of halogens is 3. The Morgan fingerprint density at radius 3 is 2.76 bits per heavy atom. The molecule has 152 valence electrons. The number of carbonyl (C=O) groups excluding carboxylic acids is 1. The Balaban J connectivity index is 1.81. The first kappa shape index (κ1) is 20.7. The van der Waals surface area contributed by atoms with Crippen LogP contribution in [-0.2, 0) is 11.3 Å². The highest BCUT2D eigenvalue weighted by Crippen LogP contribution is 2.43. The molecule has 0 unspecified atom stereocenters. The first-order valence-corrected chi connectivity index (χ1v) is 11.3. The number of carbonyl (C=O) groups is 1. The largest absolute Gasteiger partial charge is 0.488 e. The van der Waals surface area contributed by atoms with Crippen LogP contribution < -0.4 is 4.74 Å². The summed E-state index contributed by atoms with van der Waals surface area (Å²) in [7, 11) is 0. The van der Waals surface area contributed by atoms with Gasteiger partial charge in [-0.3, -0.25) is 4.98 Å². The maximum atomic E-state index is 12.1. The second-order valence-corrected chi connectivity index (χ2v) is 9.05. The normalized spacial score (nSPS) is 15.9. The van der Waals surface area contributed by atoms with Crippen LogP contribution in [0, 0.1) is 0 Å². The smallest absolute Gasteiger partial charge is 0.409 e. The van der Waals surface area contributed by atoms with Gasteiger partial charge >= 0.3 is 6.09 Å². The lowest BCUT2D eigenvalue weighted by Gasteiger charge is -2.29. The maximum Gasteiger partial charge on any atom is 0.409 e. The SMILES string of the molecule is CCOC(=O)N1CCC(=C2c3cc(Br)c(Cl)cc3OCc3cc(Br)cnc32)CC1. The summed E-state index contributed by atoms with van der Waals surface area (Å²) in [4.78, 5) is 18.6. The van der Waals surface area contributed by atoms with Crippen LogP contribution >= 0.6 is 43.5 Å². The Morgan fingerprint density at radius 1 is 1.28 bits per heavy atom. The van der Waals surface area contributed by atoms with E-state index < -0.39 is 0 Å². The number of benzene rings is 1. The average molecular weight is 543 g/mol. The number of likely N-dealkylation sites (tertiary alicyclic amines) is 1. The zero-order chi connectivity index (χ0) is 20.5. The van der Waals surface area contributed by atoms with Crippen molar-refractivity contribution < 1.29 is 14.3 Å². The number of aromatic nitrogens is 1. The van der Waals surface area contributed by atoms with Crippen LogP contribution in [0.15, 0.2) is 38.9 Å². The van der Waals surface area contributed by atoms with Crippen LogP contribution in [0.2, 0.25) is 5.02 Å². The minimum Gasteiger partial charge on any atom is -0.488 e. The standard InChI is InChI=1S/C21H19Br2ClN2O3/c1-2-28-21(27)26-5-3-12(4-6-26)19-15-8-16(23)17(24)9-18(15)29-11-13-7-14(22)10-25-20(13)19/h7-10H,2-6,11H2,1H3. The molecule has 1 aromatic heterocycles. The number of pyridine rings is 1. The molecule has 3 heterocycles. The molecule has 4 rings (SSSR count). The lowest BCUT2D eigenvalue weighted by molar-refractivity contribution is 0.104. The lowest BCUT2D eigenvalue weighted by Crippen LogP contribution is -2.37. The molecule has 2 aromatic rings. The zero-order valence-electron chi connectivity index (χ0n) is 15.8. The third kappa shape index (κ3) is 4.18. The van der Waals surface area contributed by atoms with Crippen molar-refractivity contribution >= 4 is 55.1 Å². The highest BCUT2D eigenvalue weighted by atomic mass is 79.9. The number of piperidine rings is 1. The molecule has 5 nitrogen and oxygen atoms in total. The highest BCUT2D eigenvalue weighted by Gasteiger charge is 2.28. The van der Waals surface area contributed by atoms with Gasteiger partial charge in [0.25, 0.3) is 0 Å². The van der Waals surface area contributed by atoms with Crippen molar-refractivity contribution in [2.45, 2.75) is 26.4 Å². The van der Waals surface area contributed by atoms with E-state index in [4.69, 9.17) is 26.1 Å². The van der Waals surface area contributed by atoms with Gasteiger partial charge in [0.05, 0.1) is 17.3 Å². The van der Waals surface area contributed by atoms with E-state index in [9.17, 15) is 4.79 Å². The van der Waals surface area contributed by atoms with Crippen molar-refractivity contribution in [2.24, 2.45) is 0 Å². The minimum absolute atomic E-state index is 0.252. The van der Waals surface area contributed by atoms with E-state index in [0.717, 1.165) is 49.9 Å². The molecule has 8 heteroatoms. The molecule has 1 saturated heterocycles. The van der Waals surface area contributed by atoms with Crippen LogP contribution in [0.1, 0.15) is 36.6 Å². The fraction of sp³-hybridized carbons (Fsp3) is 0.333. The van der Waals surface area contributed by atoms with Gasteiger partial charge in [-0.2, -0.15) is 0 Å². The first-order valence-electron chi connectivity index (χ1n) is 9.38. The summed E-state index contributed by atoms with van der Waals surface area (Å²) in [6, 6.07) is 5.88. The van der Waals surface area contributed by atoms with E-state index in [2.05, 4.69) is 31.9 Å². The molecule has 0 N–H and O–H groups in total. The van der Waals surface area contributed by atoms with Crippen molar-refractivity contribution in [1.82, 2.24) is 9.88 Å². The summed E-state index contributed by atoms with van der Waals surface area (Å²) in [5, 5.41) is 0.602. The van der Waals surface area contributed by atoms with Gasteiger partial charge in [0.2, 0.25) is 0 Å². The van der Waals surface area contributed by atoms with Gasteiger partial charge in [0, 0.05) is 51.0 Å². The third-order valence-electron chi connectivity index (χ3n) is 5.09. The first-order chi connectivity index (χ1) is 14.0. The average Bonchev–Trinajstić information content (AvgIpc) is 2.85. The topological polar surface area (TPSA) is 51.7 Å².